The minimum atomic E-state index is -0.617. The van der Waals surface area contributed by atoms with Crippen LogP contribution in [0.5, 0.6) is 17.2 Å². The van der Waals surface area contributed by atoms with E-state index in [2.05, 4.69) is 16.0 Å². The Balaban J connectivity index is 1.86. The van der Waals surface area contributed by atoms with E-state index in [1.54, 1.807) is 38.5 Å². The topological polar surface area (TPSA) is 97.9 Å². The van der Waals surface area contributed by atoms with Crippen LogP contribution in [0.3, 0.4) is 0 Å². The number of nitrogens with one attached hydrogen (secondary N) is 3. The van der Waals surface area contributed by atoms with Gasteiger partial charge in [-0.15, -0.1) is 0 Å². The second-order valence-electron chi connectivity index (χ2n) is 7.13. The molecule has 32 heavy (non-hydrogen) atoms. The number of ether oxygens (including phenoxy) is 3. The highest BCUT2D eigenvalue weighted by molar-refractivity contribution is 5.93. The van der Waals surface area contributed by atoms with E-state index in [1.165, 1.54) is 0 Å². The summed E-state index contributed by atoms with van der Waals surface area (Å²) in [5.74, 6) is 1.82. The lowest BCUT2D eigenvalue weighted by Gasteiger charge is -2.18. The van der Waals surface area contributed by atoms with Crippen LogP contribution in [0.15, 0.2) is 42.5 Å². The van der Waals surface area contributed by atoms with E-state index < -0.39 is 12.1 Å². The Morgan fingerprint density at radius 2 is 1.69 bits per heavy atom. The molecule has 0 saturated carbocycles. The molecule has 0 fully saturated rings. The van der Waals surface area contributed by atoms with E-state index >= 15 is 0 Å². The van der Waals surface area contributed by atoms with Gasteiger partial charge in [-0.3, -0.25) is 4.79 Å². The Morgan fingerprint density at radius 3 is 2.31 bits per heavy atom. The third kappa shape index (κ3) is 7.68. The molecule has 0 aliphatic carbocycles. The number of amides is 3. The Hall–Kier alpha value is -3.42. The van der Waals surface area contributed by atoms with Gasteiger partial charge in [0.1, 0.15) is 11.8 Å². The van der Waals surface area contributed by atoms with Gasteiger partial charge in [0.15, 0.2) is 11.5 Å². The smallest absolute Gasteiger partial charge is 0.319 e. The van der Waals surface area contributed by atoms with Crippen LogP contribution < -0.4 is 30.2 Å². The maximum Gasteiger partial charge on any atom is 0.319 e. The van der Waals surface area contributed by atoms with Crippen molar-refractivity contribution in [1.82, 2.24) is 10.6 Å². The molecule has 0 aliphatic rings. The molecule has 0 radical (unpaired) electrons. The zero-order valence-electron chi connectivity index (χ0n) is 19.2. The summed E-state index contributed by atoms with van der Waals surface area (Å²) in [4.78, 5) is 25.0. The summed E-state index contributed by atoms with van der Waals surface area (Å²) < 4.78 is 15.9. The number of anilines is 1. The van der Waals surface area contributed by atoms with Crippen molar-refractivity contribution in [3.63, 3.8) is 0 Å². The SMILES string of the molecule is CCCC(NC(=O)Nc1ccc(OCC)cc1)C(=O)NCCc1ccc(OC)c(OC)c1. The largest absolute Gasteiger partial charge is 0.494 e. The lowest BCUT2D eigenvalue weighted by Crippen LogP contribution is -2.48. The normalized spacial score (nSPS) is 11.2. The molecule has 8 nitrogen and oxygen atoms in total. The number of carbonyl (C=O) groups is 2. The summed E-state index contributed by atoms with van der Waals surface area (Å²) in [5, 5.41) is 8.41. The Labute approximate surface area is 189 Å². The third-order valence-electron chi connectivity index (χ3n) is 4.78. The van der Waals surface area contributed by atoms with E-state index in [-0.39, 0.29) is 5.91 Å². The molecule has 2 rings (SSSR count). The van der Waals surface area contributed by atoms with Crippen molar-refractivity contribution in [3.8, 4) is 17.2 Å². The van der Waals surface area contributed by atoms with Gasteiger partial charge in [-0.05, 0) is 61.7 Å². The predicted molar refractivity (Wildman–Crippen MR) is 125 cm³/mol. The first-order valence-corrected chi connectivity index (χ1v) is 10.8. The summed E-state index contributed by atoms with van der Waals surface area (Å²) >= 11 is 0. The Bertz CT molecular complexity index is 870. The van der Waals surface area contributed by atoms with Crippen molar-refractivity contribution in [2.45, 2.75) is 39.2 Å². The monoisotopic (exact) mass is 443 g/mol. The van der Waals surface area contributed by atoms with E-state index in [4.69, 9.17) is 14.2 Å². The fraction of sp³-hybridized carbons (Fsp3) is 0.417. The van der Waals surface area contributed by atoms with Crippen LogP contribution in [0.4, 0.5) is 10.5 Å². The van der Waals surface area contributed by atoms with Gasteiger partial charge in [-0.1, -0.05) is 19.4 Å². The fourth-order valence-corrected chi connectivity index (χ4v) is 3.17. The first kappa shape index (κ1) is 24.8. The first-order valence-electron chi connectivity index (χ1n) is 10.8. The molecule has 3 amide bonds. The molecule has 0 aliphatic heterocycles. The predicted octanol–water partition coefficient (Wildman–Crippen LogP) is 3.75. The van der Waals surface area contributed by atoms with Crippen molar-refractivity contribution in [2.75, 3.05) is 32.7 Å². The maximum atomic E-state index is 12.6. The molecule has 2 aromatic rings. The number of hydrogen-bond acceptors (Lipinski definition) is 5. The van der Waals surface area contributed by atoms with Crippen LogP contribution in [0.25, 0.3) is 0 Å². The van der Waals surface area contributed by atoms with E-state index in [0.717, 1.165) is 17.7 Å². The van der Waals surface area contributed by atoms with Crippen molar-refractivity contribution in [1.29, 1.82) is 0 Å². The standard InChI is InChI=1S/C24H33N3O5/c1-5-7-20(27-24(29)26-18-9-11-19(12-10-18)32-6-2)23(28)25-15-14-17-8-13-21(30-3)22(16-17)31-4/h8-13,16,20H,5-7,14-15H2,1-4H3,(H,25,28)(H2,26,27,29). The first-order chi connectivity index (χ1) is 15.5. The van der Waals surface area contributed by atoms with Crippen LogP contribution in [-0.4, -0.2) is 45.4 Å². The lowest BCUT2D eigenvalue weighted by atomic mass is 10.1. The van der Waals surface area contributed by atoms with Gasteiger partial charge < -0.3 is 30.2 Å². The van der Waals surface area contributed by atoms with Crippen LogP contribution in [0.1, 0.15) is 32.3 Å². The van der Waals surface area contributed by atoms with Crippen LogP contribution in [0.2, 0.25) is 0 Å². The second kappa shape index (κ2) is 13.1. The van der Waals surface area contributed by atoms with Gasteiger partial charge in [0.25, 0.3) is 0 Å². The summed E-state index contributed by atoms with van der Waals surface area (Å²) in [6.07, 6.45) is 1.93. The molecule has 0 spiro atoms. The molecule has 0 saturated heterocycles. The third-order valence-corrected chi connectivity index (χ3v) is 4.78. The number of urea groups is 1. The molecular weight excluding hydrogens is 410 g/mol. The zero-order chi connectivity index (χ0) is 23.3. The van der Waals surface area contributed by atoms with Gasteiger partial charge in [0.05, 0.1) is 20.8 Å². The minimum Gasteiger partial charge on any atom is -0.494 e. The highest BCUT2D eigenvalue weighted by Crippen LogP contribution is 2.27. The van der Waals surface area contributed by atoms with Gasteiger partial charge in [0.2, 0.25) is 5.91 Å². The minimum absolute atomic E-state index is 0.214. The van der Waals surface area contributed by atoms with Gasteiger partial charge in [-0.25, -0.2) is 4.79 Å². The summed E-state index contributed by atoms with van der Waals surface area (Å²) in [7, 11) is 3.17. The number of hydrogen-bond donors (Lipinski definition) is 3. The van der Waals surface area contributed by atoms with Gasteiger partial charge in [0, 0.05) is 12.2 Å². The van der Waals surface area contributed by atoms with E-state index in [0.29, 0.717) is 43.2 Å². The summed E-state index contributed by atoms with van der Waals surface area (Å²) in [6, 6.07) is 11.7. The van der Waals surface area contributed by atoms with Crippen LogP contribution >= 0.6 is 0 Å². The number of benzene rings is 2. The Morgan fingerprint density at radius 1 is 0.969 bits per heavy atom. The van der Waals surface area contributed by atoms with E-state index in [1.807, 2.05) is 32.0 Å². The average Bonchev–Trinajstić information content (AvgIpc) is 2.80. The molecule has 1 unspecified atom stereocenters. The molecule has 174 valence electrons. The van der Waals surface area contributed by atoms with Crippen molar-refractivity contribution in [2.24, 2.45) is 0 Å². The Kier molecular flexibility index (Phi) is 10.2. The van der Waals surface area contributed by atoms with Crippen molar-refractivity contribution >= 4 is 17.6 Å². The molecule has 3 N–H and O–H groups in total. The highest BCUT2D eigenvalue weighted by atomic mass is 16.5. The van der Waals surface area contributed by atoms with Crippen molar-refractivity contribution < 1.29 is 23.8 Å². The lowest BCUT2D eigenvalue weighted by molar-refractivity contribution is -0.123. The van der Waals surface area contributed by atoms with Gasteiger partial charge in [-0.2, -0.15) is 0 Å². The molecule has 0 aromatic heterocycles. The molecule has 0 bridgehead atoms. The highest BCUT2D eigenvalue weighted by Gasteiger charge is 2.19. The number of methoxy groups -OCH3 is 2. The average molecular weight is 444 g/mol. The molecule has 0 heterocycles. The van der Waals surface area contributed by atoms with Crippen molar-refractivity contribution in [3.05, 3.63) is 48.0 Å². The molecular formula is C24H33N3O5. The fourth-order valence-electron chi connectivity index (χ4n) is 3.17. The maximum absolute atomic E-state index is 12.6. The van der Waals surface area contributed by atoms with E-state index in [9.17, 15) is 9.59 Å². The molecule has 2 aromatic carbocycles. The van der Waals surface area contributed by atoms with Crippen LogP contribution in [-0.2, 0) is 11.2 Å². The van der Waals surface area contributed by atoms with Gasteiger partial charge >= 0.3 is 6.03 Å². The zero-order valence-corrected chi connectivity index (χ0v) is 19.2. The van der Waals surface area contributed by atoms with Crippen LogP contribution in [0, 0.1) is 0 Å². The summed E-state index contributed by atoms with van der Waals surface area (Å²) in [6.45, 7) is 4.89. The molecule has 1 atom stereocenters. The number of rotatable bonds is 12. The quantitative estimate of drug-likeness (QED) is 0.464. The second-order valence-corrected chi connectivity index (χ2v) is 7.13. The number of carbonyl (C=O) groups excluding carboxylic acids is 2. The molecule has 8 heteroatoms. The summed E-state index contributed by atoms with van der Waals surface area (Å²) in [5.41, 5.74) is 1.63.